The lowest BCUT2D eigenvalue weighted by Gasteiger charge is -2.26. The second-order valence-corrected chi connectivity index (χ2v) is 8.54. The van der Waals surface area contributed by atoms with E-state index in [1.54, 1.807) is 0 Å². The second-order valence-electron chi connectivity index (χ2n) is 8.54. The highest BCUT2D eigenvalue weighted by Gasteiger charge is 2.28. The Morgan fingerprint density at radius 2 is 1.07 bits per heavy atom. The third-order valence-electron chi connectivity index (χ3n) is 5.12. The Labute approximate surface area is 178 Å². The Balaban J connectivity index is 4.11. The van der Waals surface area contributed by atoms with E-state index < -0.39 is 5.41 Å². The Hall–Kier alpha value is -1.20. The molecule has 0 atom stereocenters. The molecule has 4 heteroatoms. The van der Waals surface area contributed by atoms with E-state index in [4.69, 9.17) is 4.74 Å². The molecular formula is C25H44O4. The fraction of sp³-hybridized carbons (Fsp3) is 0.680. The van der Waals surface area contributed by atoms with Crippen molar-refractivity contribution in [1.29, 1.82) is 0 Å². The van der Waals surface area contributed by atoms with Crippen LogP contribution in [0, 0.1) is 5.41 Å². The van der Waals surface area contributed by atoms with Gasteiger partial charge in [0.05, 0.1) is 38.4 Å². The SMILES string of the molecule is CC(C)=CCC/C(C)=C/CC/C(C)=C/CC/C(C)=C/COCC(CO)(CO)CO. The Morgan fingerprint density at radius 3 is 1.48 bits per heavy atom. The van der Waals surface area contributed by atoms with E-state index in [-0.39, 0.29) is 26.4 Å². The summed E-state index contributed by atoms with van der Waals surface area (Å²) in [5.41, 5.74) is 4.59. The highest BCUT2D eigenvalue weighted by Crippen LogP contribution is 2.16. The molecule has 0 aliphatic rings. The molecule has 0 rings (SSSR count). The fourth-order valence-electron chi connectivity index (χ4n) is 2.75. The molecule has 0 amide bonds. The van der Waals surface area contributed by atoms with Gasteiger partial charge in [0.15, 0.2) is 0 Å². The van der Waals surface area contributed by atoms with Crippen LogP contribution in [-0.2, 0) is 4.74 Å². The summed E-state index contributed by atoms with van der Waals surface area (Å²) >= 11 is 0. The Kier molecular flexibility index (Phi) is 15.9. The van der Waals surface area contributed by atoms with Crippen molar-refractivity contribution in [3.8, 4) is 0 Å². The lowest BCUT2D eigenvalue weighted by molar-refractivity contribution is -0.0524. The van der Waals surface area contributed by atoms with Crippen molar-refractivity contribution in [2.75, 3.05) is 33.0 Å². The number of ether oxygens (including phenoxy) is 1. The van der Waals surface area contributed by atoms with Gasteiger partial charge in [-0.05, 0) is 73.1 Å². The van der Waals surface area contributed by atoms with Crippen LogP contribution in [-0.4, -0.2) is 48.4 Å². The van der Waals surface area contributed by atoms with Crippen molar-refractivity contribution >= 4 is 0 Å². The monoisotopic (exact) mass is 408 g/mol. The van der Waals surface area contributed by atoms with Crippen LogP contribution in [0.3, 0.4) is 0 Å². The average molecular weight is 409 g/mol. The number of hydrogen-bond acceptors (Lipinski definition) is 4. The van der Waals surface area contributed by atoms with Crippen LogP contribution < -0.4 is 0 Å². The third kappa shape index (κ3) is 14.4. The van der Waals surface area contributed by atoms with Crippen LogP contribution in [0.5, 0.6) is 0 Å². The van der Waals surface area contributed by atoms with Crippen molar-refractivity contribution in [3.63, 3.8) is 0 Å². The lowest BCUT2D eigenvalue weighted by Crippen LogP contribution is -2.38. The van der Waals surface area contributed by atoms with E-state index >= 15 is 0 Å². The molecule has 4 nitrogen and oxygen atoms in total. The van der Waals surface area contributed by atoms with Crippen molar-refractivity contribution in [2.45, 2.75) is 73.1 Å². The molecule has 0 saturated heterocycles. The molecule has 0 spiro atoms. The fourth-order valence-corrected chi connectivity index (χ4v) is 2.75. The van der Waals surface area contributed by atoms with Crippen LogP contribution in [0.25, 0.3) is 0 Å². The summed E-state index contributed by atoms with van der Waals surface area (Å²) in [5, 5.41) is 27.8. The average Bonchev–Trinajstić information content (AvgIpc) is 2.68. The number of aliphatic hydroxyl groups excluding tert-OH is 3. The van der Waals surface area contributed by atoms with E-state index in [1.807, 2.05) is 6.08 Å². The summed E-state index contributed by atoms with van der Waals surface area (Å²) in [6.07, 6.45) is 15.5. The van der Waals surface area contributed by atoms with Gasteiger partial charge in [-0.15, -0.1) is 0 Å². The number of hydrogen-bond donors (Lipinski definition) is 3. The maximum atomic E-state index is 9.28. The molecule has 29 heavy (non-hydrogen) atoms. The normalized spacial score (nSPS) is 13.7. The molecule has 0 bridgehead atoms. The first-order valence-corrected chi connectivity index (χ1v) is 10.8. The predicted octanol–water partition coefficient (Wildman–Crippen LogP) is 5.11. The smallest absolute Gasteiger partial charge is 0.0650 e. The summed E-state index contributed by atoms with van der Waals surface area (Å²) in [4.78, 5) is 0. The minimum Gasteiger partial charge on any atom is -0.396 e. The van der Waals surface area contributed by atoms with Crippen LogP contribution in [0.1, 0.15) is 73.1 Å². The lowest BCUT2D eigenvalue weighted by atomic mass is 9.93. The quantitative estimate of drug-likeness (QED) is 0.245. The predicted molar refractivity (Wildman–Crippen MR) is 123 cm³/mol. The molecule has 0 aliphatic heterocycles. The van der Waals surface area contributed by atoms with Gasteiger partial charge < -0.3 is 20.1 Å². The van der Waals surface area contributed by atoms with Crippen molar-refractivity contribution < 1.29 is 20.1 Å². The van der Waals surface area contributed by atoms with Crippen molar-refractivity contribution in [3.05, 3.63) is 46.6 Å². The van der Waals surface area contributed by atoms with Crippen LogP contribution >= 0.6 is 0 Å². The standard InChI is InChI=1S/C25H44O4/c1-21(2)9-6-10-22(3)11-7-12-23(4)13-8-14-24(5)15-16-29-20-25(17-26,18-27)19-28/h9,11,13,15,26-28H,6-8,10,12,14,16-20H2,1-5H3/b22-11+,23-13+,24-15+. The van der Waals surface area contributed by atoms with E-state index in [0.29, 0.717) is 6.61 Å². The van der Waals surface area contributed by atoms with Gasteiger partial charge in [-0.25, -0.2) is 0 Å². The van der Waals surface area contributed by atoms with E-state index in [9.17, 15) is 15.3 Å². The zero-order valence-electron chi connectivity index (χ0n) is 19.3. The summed E-state index contributed by atoms with van der Waals surface area (Å²) < 4.78 is 5.50. The Morgan fingerprint density at radius 1 is 0.655 bits per heavy atom. The van der Waals surface area contributed by atoms with Gasteiger partial charge in [-0.3, -0.25) is 0 Å². The second kappa shape index (κ2) is 16.6. The van der Waals surface area contributed by atoms with Gasteiger partial charge >= 0.3 is 0 Å². The van der Waals surface area contributed by atoms with Crippen LogP contribution in [0.2, 0.25) is 0 Å². The maximum absolute atomic E-state index is 9.28. The molecule has 0 aliphatic carbocycles. The van der Waals surface area contributed by atoms with E-state index in [2.05, 4.69) is 52.8 Å². The molecule has 0 radical (unpaired) electrons. The molecule has 0 aromatic heterocycles. The number of rotatable bonds is 16. The summed E-state index contributed by atoms with van der Waals surface area (Å²) in [7, 11) is 0. The maximum Gasteiger partial charge on any atom is 0.0650 e. The van der Waals surface area contributed by atoms with Crippen molar-refractivity contribution in [2.24, 2.45) is 5.41 Å². The molecule has 0 saturated carbocycles. The Bertz CT molecular complexity index is 539. The zero-order valence-corrected chi connectivity index (χ0v) is 19.3. The van der Waals surface area contributed by atoms with Gasteiger partial charge in [0.2, 0.25) is 0 Å². The minimum absolute atomic E-state index is 0.139. The van der Waals surface area contributed by atoms with Crippen LogP contribution in [0.4, 0.5) is 0 Å². The van der Waals surface area contributed by atoms with Crippen molar-refractivity contribution in [1.82, 2.24) is 0 Å². The molecule has 0 aromatic rings. The first-order valence-electron chi connectivity index (χ1n) is 10.8. The van der Waals surface area contributed by atoms with Gasteiger partial charge in [-0.2, -0.15) is 0 Å². The van der Waals surface area contributed by atoms with Gasteiger partial charge in [-0.1, -0.05) is 46.6 Å². The molecule has 0 unspecified atom stereocenters. The molecule has 3 N–H and O–H groups in total. The van der Waals surface area contributed by atoms with Gasteiger partial charge in [0.25, 0.3) is 0 Å². The molecule has 0 heterocycles. The first kappa shape index (κ1) is 27.8. The number of aliphatic hydroxyl groups is 3. The minimum atomic E-state index is -0.958. The highest BCUT2D eigenvalue weighted by molar-refractivity contribution is 5.07. The van der Waals surface area contributed by atoms with E-state index in [1.165, 1.54) is 22.3 Å². The summed E-state index contributed by atoms with van der Waals surface area (Å²) in [5.74, 6) is 0. The van der Waals surface area contributed by atoms with E-state index in [0.717, 1.165) is 38.5 Å². The number of allylic oxidation sites excluding steroid dienone is 7. The molecule has 168 valence electrons. The highest BCUT2D eigenvalue weighted by atomic mass is 16.5. The van der Waals surface area contributed by atoms with Gasteiger partial charge in [0, 0.05) is 0 Å². The van der Waals surface area contributed by atoms with Crippen LogP contribution in [0.15, 0.2) is 46.6 Å². The summed E-state index contributed by atoms with van der Waals surface area (Å²) in [6, 6.07) is 0. The van der Waals surface area contributed by atoms with Gasteiger partial charge in [0.1, 0.15) is 0 Å². The molecule has 0 aromatic carbocycles. The summed E-state index contributed by atoms with van der Waals surface area (Å²) in [6.45, 7) is 10.5. The molecular weight excluding hydrogens is 364 g/mol. The topological polar surface area (TPSA) is 69.9 Å². The third-order valence-corrected chi connectivity index (χ3v) is 5.12. The zero-order chi connectivity index (χ0) is 22.1. The molecule has 0 fully saturated rings. The largest absolute Gasteiger partial charge is 0.396 e. The first-order chi connectivity index (χ1) is 13.8.